The van der Waals surface area contributed by atoms with E-state index in [0.29, 0.717) is 6.42 Å². The Bertz CT molecular complexity index is 437. The van der Waals surface area contributed by atoms with E-state index in [1.807, 2.05) is 27.7 Å². The highest BCUT2D eigenvalue weighted by Gasteiger charge is 2.07. The molecule has 0 amide bonds. The zero-order chi connectivity index (χ0) is 16.1. The zero-order valence-electron chi connectivity index (χ0n) is 12.8. The van der Waals surface area contributed by atoms with E-state index in [-0.39, 0.29) is 11.1 Å². The quantitative estimate of drug-likeness (QED) is 0.767. The summed E-state index contributed by atoms with van der Waals surface area (Å²) in [6, 6.07) is 0. The van der Waals surface area contributed by atoms with Crippen molar-refractivity contribution in [2.75, 3.05) is 0 Å². The molecule has 0 aromatic heterocycles. The Morgan fingerprint density at radius 3 is 2.15 bits per heavy atom. The number of aliphatic carboxylic acids is 2. The van der Waals surface area contributed by atoms with Crippen molar-refractivity contribution in [1.29, 1.82) is 0 Å². The SMILES string of the molecule is C/C(=C\C=C1\C=C(C(=O)O)C=CC1)C(=O)O.CC.CC. The lowest BCUT2D eigenvalue weighted by Crippen LogP contribution is -2.01. The Labute approximate surface area is 120 Å². The maximum Gasteiger partial charge on any atom is 0.335 e. The highest BCUT2D eigenvalue weighted by atomic mass is 16.4. The molecule has 0 aliphatic heterocycles. The number of rotatable bonds is 3. The van der Waals surface area contributed by atoms with Crippen LogP contribution in [0.3, 0.4) is 0 Å². The van der Waals surface area contributed by atoms with Crippen LogP contribution in [-0.2, 0) is 9.59 Å². The number of allylic oxidation sites excluding steroid dienone is 5. The van der Waals surface area contributed by atoms with Gasteiger partial charge in [-0.15, -0.1) is 0 Å². The molecule has 0 fully saturated rings. The van der Waals surface area contributed by atoms with Gasteiger partial charge in [0.2, 0.25) is 0 Å². The van der Waals surface area contributed by atoms with Gasteiger partial charge in [-0.2, -0.15) is 0 Å². The van der Waals surface area contributed by atoms with E-state index >= 15 is 0 Å². The van der Waals surface area contributed by atoms with Crippen LogP contribution >= 0.6 is 0 Å². The van der Waals surface area contributed by atoms with Crippen molar-refractivity contribution >= 4 is 11.9 Å². The van der Waals surface area contributed by atoms with Crippen molar-refractivity contribution in [2.24, 2.45) is 0 Å². The summed E-state index contributed by atoms with van der Waals surface area (Å²) in [7, 11) is 0. The van der Waals surface area contributed by atoms with Gasteiger partial charge in [0.15, 0.2) is 0 Å². The van der Waals surface area contributed by atoms with Gasteiger partial charge >= 0.3 is 11.9 Å². The molecule has 0 saturated carbocycles. The van der Waals surface area contributed by atoms with E-state index in [1.54, 1.807) is 12.2 Å². The molecular weight excluding hydrogens is 256 g/mol. The molecule has 0 bridgehead atoms. The first-order valence-electron chi connectivity index (χ1n) is 6.73. The van der Waals surface area contributed by atoms with Crippen molar-refractivity contribution in [1.82, 2.24) is 0 Å². The predicted octanol–water partition coefficient (Wildman–Crippen LogP) is 3.97. The first-order valence-corrected chi connectivity index (χ1v) is 6.73. The van der Waals surface area contributed by atoms with Crippen LogP contribution in [0, 0.1) is 0 Å². The van der Waals surface area contributed by atoms with Crippen molar-refractivity contribution in [2.45, 2.75) is 41.0 Å². The first kappa shape index (κ1) is 20.2. The third kappa shape index (κ3) is 8.08. The molecule has 112 valence electrons. The third-order valence-electron chi connectivity index (χ3n) is 2.12. The molecule has 1 aliphatic carbocycles. The smallest absolute Gasteiger partial charge is 0.335 e. The monoisotopic (exact) mass is 280 g/mol. The number of carboxylic acid groups (broad SMARTS) is 2. The molecule has 0 radical (unpaired) electrons. The van der Waals surface area contributed by atoms with Crippen molar-refractivity contribution in [3.63, 3.8) is 0 Å². The van der Waals surface area contributed by atoms with Crippen LogP contribution in [0.25, 0.3) is 0 Å². The van der Waals surface area contributed by atoms with Gasteiger partial charge in [0, 0.05) is 5.57 Å². The van der Waals surface area contributed by atoms with Crippen molar-refractivity contribution < 1.29 is 19.8 Å². The lowest BCUT2D eigenvalue weighted by atomic mass is 10.0. The van der Waals surface area contributed by atoms with E-state index in [1.165, 1.54) is 25.2 Å². The largest absolute Gasteiger partial charge is 0.478 e. The molecule has 0 atom stereocenters. The van der Waals surface area contributed by atoms with Crippen LogP contribution in [0.4, 0.5) is 0 Å². The molecular formula is C16H24O4. The molecule has 20 heavy (non-hydrogen) atoms. The maximum atomic E-state index is 10.7. The van der Waals surface area contributed by atoms with E-state index in [4.69, 9.17) is 10.2 Å². The van der Waals surface area contributed by atoms with E-state index in [9.17, 15) is 9.59 Å². The molecule has 0 unspecified atom stereocenters. The predicted molar refractivity (Wildman–Crippen MR) is 81.6 cm³/mol. The minimum absolute atomic E-state index is 0.207. The first-order chi connectivity index (χ1) is 9.50. The second kappa shape index (κ2) is 12.0. The van der Waals surface area contributed by atoms with Gasteiger partial charge in [-0.1, -0.05) is 52.0 Å². The second-order valence-corrected chi connectivity index (χ2v) is 3.41. The topological polar surface area (TPSA) is 74.6 Å². The van der Waals surface area contributed by atoms with Gasteiger partial charge in [0.05, 0.1) is 5.57 Å². The number of hydrogen-bond acceptors (Lipinski definition) is 2. The lowest BCUT2D eigenvalue weighted by molar-refractivity contribution is -0.133. The second-order valence-electron chi connectivity index (χ2n) is 3.41. The summed E-state index contributed by atoms with van der Waals surface area (Å²) < 4.78 is 0. The Morgan fingerprint density at radius 1 is 1.15 bits per heavy atom. The summed E-state index contributed by atoms with van der Waals surface area (Å²) in [5.74, 6) is -1.97. The normalized spacial score (nSPS) is 15.3. The average Bonchev–Trinajstić information content (AvgIpc) is 2.49. The number of carboxylic acids is 2. The lowest BCUT2D eigenvalue weighted by Gasteiger charge is -2.05. The van der Waals surface area contributed by atoms with Gasteiger partial charge in [0.25, 0.3) is 0 Å². The molecule has 0 heterocycles. The van der Waals surface area contributed by atoms with Gasteiger partial charge < -0.3 is 10.2 Å². The highest BCUT2D eigenvalue weighted by molar-refractivity contribution is 5.91. The van der Waals surface area contributed by atoms with Gasteiger partial charge in [-0.3, -0.25) is 0 Å². The van der Waals surface area contributed by atoms with Crippen LogP contribution in [0.1, 0.15) is 41.0 Å². The summed E-state index contributed by atoms with van der Waals surface area (Å²) in [6.07, 6.45) is 8.50. The molecule has 1 rings (SSSR count). The van der Waals surface area contributed by atoms with Crippen molar-refractivity contribution in [3.05, 3.63) is 47.1 Å². The average molecular weight is 280 g/mol. The molecule has 1 aliphatic rings. The molecule has 2 N–H and O–H groups in total. The van der Waals surface area contributed by atoms with Crippen LogP contribution in [0.2, 0.25) is 0 Å². The minimum atomic E-state index is -0.985. The van der Waals surface area contributed by atoms with Crippen LogP contribution in [-0.4, -0.2) is 22.2 Å². The summed E-state index contributed by atoms with van der Waals surface area (Å²) in [5.41, 5.74) is 1.20. The Kier molecular flexibility index (Phi) is 12.1. The number of hydrogen-bond donors (Lipinski definition) is 2. The Morgan fingerprint density at radius 2 is 1.70 bits per heavy atom. The summed E-state index contributed by atoms with van der Waals surface area (Å²) in [4.78, 5) is 21.2. The molecule has 0 aromatic carbocycles. The summed E-state index contributed by atoms with van der Waals surface area (Å²) >= 11 is 0. The van der Waals surface area contributed by atoms with Crippen LogP contribution < -0.4 is 0 Å². The van der Waals surface area contributed by atoms with Crippen LogP contribution in [0.5, 0.6) is 0 Å². The molecule has 0 saturated heterocycles. The highest BCUT2D eigenvalue weighted by Crippen LogP contribution is 2.16. The zero-order valence-corrected chi connectivity index (χ0v) is 12.8. The fraction of sp³-hybridized carbons (Fsp3) is 0.375. The summed E-state index contributed by atoms with van der Waals surface area (Å²) in [6.45, 7) is 9.49. The molecule has 4 nitrogen and oxygen atoms in total. The standard InChI is InChI=1S/C12H12O4.2C2H6/c1-8(11(13)14)5-6-9-3-2-4-10(7-9)12(15)16;2*1-2/h2,4-7H,3H2,1H3,(H,13,14)(H,15,16);2*1-2H3/b8-5+,9-6+;;. The van der Waals surface area contributed by atoms with E-state index in [0.717, 1.165) is 5.57 Å². The van der Waals surface area contributed by atoms with E-state index in [2.05, 4.69) is 0 Å². The molecule has 0 aromatic rings. The third-order valence-corrected chi connectivity index (χ3v) is 2.12. The van der Waals surface area contributed by atoms with Gasteiger partial charge in [-0.25, -0.2) is 9.59 Å². The molecule has 4 heteroatoms. The number of carbonyl (C=O) groups is 2. The van der Waals surface area contributed by atoms with Crippen LogP contribution in [0.15, 0.2) is 47.1 Å². The Balaban J connectivity index is 0. The fourth-order valence-electron chi connectivity index (χ4n) is 1.18. The summed E-state index contributed by atoms with van der Waals surface area (Å²) in [5, 5.41) is 17.4. The maximum absolute atomic E-state index is 10.7. The van der Waals surface area contributed by atoms with Crippen molar-refractivity contribution in [3.8, 4) is 0 Å². The minimum Gasteiger partial charge on any atom is -0.478 e. The molecule has 0 spiro atoms. The van der Waals surface area contributed by atoms with Gasteiger partial charge in [0.1, 0.15) is 0 Å². The Hall–Kier alpha value is -2.10. The van der Waals surface area contributed by atoms with Gasteiger partial charge in [-0.05, 0) is 25.0 Å². The van der Waals surface area contributed by atoms with E-state index < -0.39 is 11.9 Å². The fourth-order valence-corrected chi connectivity index (χ4v) is 1.18.